The number of nitrogens with zero attached hydrogens (tertiary/aromatic N) is 2. The zero-order chi connectivity index (χ0) is 16.2. The van der Waals surface area contributed by atoms with Gasteiger partial charge >= 0.3 is 0 Å². The molecule has 5 heteroatoms. The molecule has 0 aliphatic heterocycles. The zero-order valence-corrected chi connectivity index (χ0v) is 13.2. The third-order valence-electron chi connectivity index (χ3n) is 3.73. The number of amides is 1. The number of rotatable bonds is 5. The average Bonchev–Trinajstić information content (AvgIpc) is 3.05. The van der Waals surface area contributed by atoms with Crippen LogP contribution in [0, 0.1) is 0 Å². The first-order valence-corrected chi connectivity index (χ1v) is 7.58. The van der Waals surface area contributed by atoms with Crippen LogP contribution in [0.3, 0.4) is 0 Å². The van der Waals surface area contributed by atoms with Crippen LogP contribution < -0.4 is 4.74 Å². The number of carbonyl (C=O) groups excluding carboxylic acids is 1. The molecule has 3 aromatic rings. The number of ether oxygens (including phenoxy) is 1. The molecule has 0 saturated heterocycles. The van der Waals surface area contributed by atoms with Gasteiger partial charge in [-0.25, -0.2) is 0 Å². The van der Waals surface area contributed by atoms with Crippen molar-refractivity contribution in [2.75, 3.05) is 13.7 Å². The van der Waals surface area contributed by atoms with E-state index in [1.807, 2.05) is 37.3 Å². The molecule has 1 amide bonds. The summed E-state index contributed by atoms with van der Waals surface area (Å²) < 4.78 is 5.40. The number of hydrogen-bond acceptors (Lipinski definition) is 3. The Morgan fingerprint density at radius 2 is 2.00 bits per heavy atom. The molecule has 0 aliphatic carbocycles. The van der Waals surface area contributed by atoms with Gasteiger partial charge in [0.05, 0.1) is 18.3 Å². The molecule has 1 aromatic heterocycles. The van der Waals surface area contributed by atoms with Crippen LogP contribution in [0.15, 0.2) is 48.7 Å². The van der Waals surface area contributed by atoms with E-state index in [1.54, 1.807) is 30.3 Å². The molecule has 23 heavy (non-hydrogen) atoms. The Kier molecular flexibility index (Phi) is 4.28. The van der Waals surface area contributed by atoms with Crippen LogP contribution in [-0.4, -0.2) is 34.7 Å². The summed E-state index contributed by atoms with van der Waals surface area (Å²) in [5, 5.41) is 8.09. The average molecular weight is 309 g/mol. The fourth-order valence-corrected chi connectivity index (χ4v) is 2.57. The lowest BCUT2D eigenvalue weighted by molar-refractivity contribution is 0.0785. The summed E-state index contributed by atoms with van der Waals surface area (Å²) in [6.45, 7) is 3.07. The SMILES string of the molecule is CCOc1ccc(C(=O)N(C)Cc2cccc3cn[nH]c23)cc1. The molecule has 0 atom stereocenters. The van der Waals surface area contributed by atoms with Gasteiger partial charge in [0, 0.05) is 24.5 Å². The molecule has 0 spiro atoms. The largest absolute Gasteiger partial charge is 0.494 e. The number of para-hydroxylation sites is 1. The van der Waals surface area contributed by atoms with Gasteiger partial charge in [0.1, 0.15) is 5.75 Å². The highest BCUT2D eigenvalue weighted by Gasteiger charge is 2.14. The molecular formula is C18H19N3O2. The van der Waals surface area contributed by atoms with E-state index >= 15 is 0 Å². The van der Waals surface area contributed by atoms with E-state index in [9.17, 15) is 4.79 Å². The molecule has 0 radical (unpaired) electrons. The van der Waals surface area contributed by atoms with Crippen molar-refractivity contribution < 1.29 is 9.53 Å². The van der Waals surface area contributed by atoms with Gasteiger partial charge in [-0.2, -0.15) is 5.10 Å². The molecule has 0 saturated carbocycles. The van der Waals surface area contributed by atoms with Crippen molar-refractivity contribution in [3.05, 3.63) is 59.8 Å². The van der Waals surface area contributed by atoms with Gasteiger partial charge in [-0.15, -0.1) is 0 Å². The van der Waals surface area contributed by atoms with Gasteiger partial charge in [0.25, 0.3) is 5.91 Å². The first-order chi connectivity index (χ1) is 11.2. The Morgan fingerprint density at radius 1 is 1.22 bits per heavy atom. The van der Waals surface area contributed by atoms with Gasteiger partial charge in [0.2, 0.25) is 0 Å². The first-order valence-electron chi connectivity index (χ1n) is 7.58. The molecule has 0 aliphatic rings. The summed E-state index contributed by atoms with van der Waals surface area (Å²) in [5.41, 5.74) is 2.66. The summed E-state index contributed by atoms with van der Waals surface area (Å²) in [4.78, 5) is 14.3. The maximum absolute atomic E-state index is 12.6. The van der Waals surface area contributed by atoms with E-state index in [0.29, 0.717) is 18.7 Å². The van der Waals surface area contributed by atoms with Crippen LogP contribution in [-0.2, 0) is 6.54 Å². The molecule has 3 rings (SSSR count). The van der Waals surface area contributed by atoms with Crippen LogP contribution in [0.4, 0.5) is 0 Å². The van der Waals surface area contributed by atoms with Crippen molar-refractivity contribution in [2.45, 2.75) is 13.5 Å². The van der Waals surface area contributed by atoms with Crippen molar-refractivity contribution in [3.63, 3.8) is 0 Å². The van der Waals surface area contributed by atoms with Gasteiger partial charge < -0.3 is 9.64 Å². The number of nitrogens with one attached hydrogen (secondary N) is 1. The molecule has 1 N–H and O–H groups in total. The van der Waals surface area contributed by atoms with E-state index in [4.69, 9.17) is 4.74 Å². The Bertz CT molecular complexity index is 809. The second-order valence-corrected chi connectivity index (χ2v) is 5.37. The second-order valence-electron chi connectivity index (χ2n) is 5.37. The van der Waals surface area contributed by atoms with Gasteiger partial charge in [0.15, 0.2) is 0 Å². The maximum Gasteiger partial charge on any atom is 0.253 e. The van der Waals surface area contributed by atoms with Crippen LogP contribution in [0.25, 0.3) is 10.9 Å². The first kappa shape index (κ1) is 15.1. The molecule has 0 unspecified atom stereocenters. The number of carbonyl (C=O) groups is 1. The van der Waals surface area contributed by atoms with Gasteiger partial charge in [-0.1, -0.05) is 18.2 Å². The van der Waals surface area contributed by atoms with Crippen LogP contribution >= 0.6 is 0 Å². The van der Waals surface area contributed by atoms with E-state index in [1.165, 1.54) is 0 Å². The Balaban J connectivity index is 1.75. The lowest BCUT2D eigenvalue weighted by Gasteiger charge is -2.18. The number of aromatic nitrogens is 2. The zero-order valence-electron chi connectivity index (χ0n) is 13.2. The minimum Gasteiger partial charge on any atom is -0.494 e. The van der Waals surface area contributed by atoms with Crippen LogP contribution in [0.2, 0.25) is 0 Å². The Hall–Kier alpha value is -2.82. The van der Waals surface area contributed by atoms with E-state index in [2.05, 4.69) is 10.2 Å². The summed E-state index contributed by atoms with van der Waals surface area (Å²) in [6.07, 6.45) is 1.78. The lowest BCUT2D eigenvalue weighted by Crippen LogP contribution is -2.26. The normalized spacial score (nSPS) is 10.7. The molecule has 5 nitrogen and oxygen atoms in total. The fourth-order valence-electron chi connectivity index (χ4n) is 2.57. The smallest absolute Gasteiger partial charge is 0.253 e. The van der Waals surface area contributed by atoms with Crippen molar-refractivity contribution >= 4 is 16.8 Å². The summed E-state index contributed by atoms with van der Waals surface area (Å²) in [7, 11) is 1.80. The number of benzene rings is 2. The van der Waals surface area contributed by atoms with Gasteiger partial charge in [-0.3, -0.25) is 9.89 Å². The number of aromatic amines is 1. The highest BCUT2D eigenvalue weighted by Crippen LogP contribution is 2.18. The molecule has 118 valence electrons. The summed E-state index contributed by atoms with van der Waals surface area (Å²) >= 11 is 0. The number of hydrogen-bond donors (Lipinski definition) is 1. The maximum atomic E-state index is 12.6. The molecule has 0 bridgehead atoms. The highest BCUT2D eigenvalue weighted by atomic mass is 16.5. The standard InChI is InChI=1S/C18H19N3O2/c1-3-23-16-9-7-13(8-10-16)18(22)21(2)12-15-6-4-5-14-11-19-20-17(14)15/h4-11H,3,12H2,1-2H3,(H,19,20). The lowest BCUT2D eigenvalue weighted by atomic mass is 10.1. The van der Waals surface area contributed by atoms with E-state index in [0.717, 1.165) is 22.2 Å². The van der Waals surface area contributed by atoms with Crippen LogP contribution in [0.5, 0.6) is 5.75 Å². The minimum absolute atomic E-state index is 0.0235. The predicted molar refractivity (Wildman–Crippen MR) is 89.5 cm³/mol. The molecule has 2 aromatic carbocycles. The quantitative estimate of drug-likeness (QED) is 0.787. The number of H-pyrrole nitrogens is 1. The second kappa shape index (κ2) is 6.52. The molecule has 0 fully saturated rings. The number of fused-ring (bicyclic) bond motifs is 1. The summed E-state index contributed by atoms with van der Waals surface area (Å²) in [6, 6.07) is 13.2. The topological polar surface area (TPSA) is 58.2 Å². The Morgan fingerprint density at radius 3 is 2.74 bits per heavy atom. The Labute approximate surface area is 134 Å². The monoisotopic (exact) mass is 309 g/mol. The van der Waals surface area contributed by atoms with Crippen LogP contribution in [0.1, 0.15) is 22.8 Å². The molecule has 1 heterocycles. The van der Waals surface area contributed by atoms with Crippen molar-refractivity contribution in [3.8, 4) is 5.75 Å². The van der Waals surface area contributed by atoms with Crippen molar-refractivity contribution in [2.24, 2.45) is 0 Å². The third-order valence-corrected chi connectivity index (χ3v) is 3.73. The summed E-state index contributed by atoms with van der Waals surface area (Å²) in [5.74, 6) is 0.749. The van der Waals surface area contributed by atoms with Crippen molar-refractivity contribution in [1.29, 1.82) is 0 Å². The third kappa shape index (κ3) is 3.18. The fraction of sp³-hybridized carbons (Fsp3) is 0.222. The minimum atomic E-state index is -0.0235. The van der Waals surface area contributed by atoms with E-state index < -0.39 is 0 Å². The van der Waals surface area contributed by atoms with Crippen molar-refractivity contribution in [1.82, 2.24) is 15.1 Å². The molecular weight excluding hydrogens is 290 g/mol. The van der Waals surface area contributed by atoms with E-state index in [-0.39, 0.29) is 5.91 Å². The van der Waals surface area contributed by atoms with Gasteiger partial charge in [-0.05, 0) is 36.8 Å². The predicted octanol–water partition coefficient (Wildman–Crippen LogP) is 3.23. The highest BCUT2D eigenvalue weighted by molar-refractivity contribution is 5.94.